The van der Waals surface area contributed by atoms with Gasteiger partial charge in [0.25, 0.3) is 0 Å². The van der Waals surface area contributed by atoms with E-state index in [9.17, 15) is 19.8 Å². The molecule has 0 aromatic carbocycles. The van der Waals surface area contributed by atoms with Gasteiger partial charge in [0.15, 0.2) is 0 Å². The summed E-state index contributed by atoms with van der Waals surface area (Å²) in [5.41, 5.74) is 0. The number of ether oxygens (including phenoxy) is 1. The van der Waals surface area contributed by atoms with Gasteiger partial charge in [0, 0.05) is 12.8 Å². The molecule has 3 N–H and O–H groups in total. The second kappa shape index (κ2) is 49.7. The maximum Gasteiger partial charge on any atom is 0.305 e. The molecule has 0 aromatic rings. The first kappa shape index (κ1) is 58.1. The van der Waals surface area contributed by atoms with E-state index in [4.69, 9.17) is 4.74 Å². The van der Waals surface area contributed by atoms with Gasteiger partial charge in [0.2, 0.25) is 5.91 Å². The van der Waals surface area contributed by atoms with Crippen molar-refractivity contribution in [1.82, 2.24) is 5.32 Å². The van der Waals surface area contributed by atoms with Crippen LogP contribution in [-0.4, -0.2) is 47.4 Å². The van der Waals surface area contributed by atoms with E-state index in [-0.39, 0.29) is 18.5 Å². The van der Waals surface area contributed by atoms with Gasteiger partial charge in [-0.25, -0.2) is 0 Å². The average molecular weight is 844 g/mol. The molecule has 0 fully saturated rings. The first-order valence-electron chi connectivity index (χ1n) is 26.3. The summed E-state index contributed by atoms with van der Waals surface area (Å²) in [4.78, 5) is 24.5. The summed E-state index contributed by atoms with van der Waals surface area (Å²) in [6.07, 6.45) is 59.9. The van der Waals surface area contributed by atoms with Crippen molar-refractivity contribution >= 4 is 11.9 Å². The number of carbonyl (C=O) groups excluding carboxylic acids is 2. The van der Waals surface area contributed by atoms with Gasteiger partial charge >= 0.3 is 5.97 Å². The molecule has 0 aliphatic carbocycles. The molecule has 0 spiro atoms. The van der Waals surface area contributed by atoms with Gasteiger partial charge in [0.05, 0.1) is 25.4 Å². The third-order valence-corrected chi connectivity index (χ3v) is 11.9. The molecule has 60 heavy (non-hydrogen) atoms. The van der Waals surface area contributed by atoms with E-state index in [0.717, 1.165) is 70.6 Å². The van der Waals surface area contributed by atoms with Crippen molar-refractivity contribution in [1.29, 1.82) is 0 Å². The van der Waals surface area contributed by atoms with Crippen molar-refractivity contribution in [2.45, 2.75) is 283 Å². The first-order valence-corrected chi connectivity index (χ1v) is 26.3. The topological polar surface area (TPSA) is 95.9 Å². The van der Waals surface area contributed by atoms with E-state index in [1.54, 1.807) is 6.08 Å². The van der Waals surface area contributed by atoms with E-state index in [1.807, 2.05) is 6.08 Å². The number of hydrogen-bond acceptors (Lipinski definition) is 5. The van der Waals surface area contributed by atoms with Crippen molar-refractivity contribution in [2.24, 2.45) is 0 Å². The molecule has 2 atom stereocenters. The van der Waals surface area contributed by atoms with Gasteiger partial charge in [-0.1, -0.05) is 230 Å². The fourth-order valence-electron chi connectivity index (χ4n) is 7.84. The van der Waals surface area contributed by atoms with E-state index in [1.165, 1.54) is 173 Å². The maximum absolute atomic E-state index is 12.4. The predicted octanol–water partition coefficient (Wildman–Crippen LogP) is 15.7. The molecule has 0 aliphatic rings. The molecule has 0 radical (unpaired) electrons. The minimum Gasteiger partial charge on any atom is -0.466 e. The zero-order valence-corrected chi connectivity index (χ0v) is 39.9. The van der Waals surface area contributed by atoms with Crippen molar-refractivity contribution in [3.8, 4) is 0 Å². The largest absolute Gasteiger partial charge is 0.466 e. The quantitative estimate of drug-likeness (QED) is 0.0322. The molecule has 0 bridgehead atoms. The molecule has 0 saturated heterocycles. The Labute approximate surface area is 373 Å². The lowest BCUT2D eigenvalue weighted by Gasteiger charge is -2.20. The van der Waals surface area contributed by atoms with Crippen LogP contribution in [-0.2, 0) is 14.3 Å². The van der Waals surface area contributed by atoms with Crippen LogP contribution in [0, 0.1) is 0 Å². The Kier molecular flexibility index (Phi) is 48.1. The number of rotatable bonds is 48. The molecule has 0 saturated carbocycles. The number of hydrogen-bond donors (Lipinski definition) is 3. The molecular formula is C54H101NO5. The summed E-state index contributed by atoms with van der Waals surface area (Å²) in [6, 6.07) is -0.646. The minimum atomic E-state index is -0.860. The van der Waals surface area contributed by atoms with Gasteiger partial charge in [-0.2, -0.15) is 0 Å². The van der Waals surface area contributed by atoms with Crippen LogP contribution in [0.1, 0.15) is 271 Å². The Morgan fingerprint density at radius 1 is 0.467 bits per heavy atom. The molecule has 0 rings (SSSR count). The van der Waals surface area contributed by atoms with E-state index >= 15 is 0 Å². The summed E-state index contributed by atoms with van der Waals surface area (Å²) in [6.45, 7) is 4.83. The normalized spacial score (nSPS) is 12.9. The fraction of sp³-hybridized carbons (Fsp3) is 0.852. The van der Waals surface area contributed by atoms with Gasteiger partial charge in [-0.05, 0) is 64.2 Å². The average Bonchev–Trinajstić information content (AvgIpc) is 3.25. The highest BCUT2D eigenvalue weighted by molar-refractivity contribution is 5.76. The minimum absolute atomic E-state index is 0.0345. The van der Waals surface area contributed by atoms with Crippen LogP contribution in [0.5, 0.6) is 0 Å². The Morgan fingerprint density at radius 2 is 0.833 bits per heavy atom. The molecule has 6 heteroatoms. The SMILES string of the molecule is CCCCCC/C=C\C/C=C\CCCCCCCC(=O)OCCCCCCCCCCCCC(=O)NC(CO)C(O)/C=C/CCCCCCCCCCCCCCCCC. The van der Waals surface area contributed by atoms with Crippen molar-refractivity contribution < 1.29 is 24.5 Å². The molecule has 2 unspecified atom stereocenters. The zero-order chi connectivity index (χ0) is 43.7. The molecule has 352 valence electrons. The second-order valence-electron chi connectivity index (χ2n) is 17.9. The van der Waals surface area contributed by atoms with Crippen molar-refractivity contribution in [3.05, 3.63) is 36.5 Å². The van der Waals surface area contributed by atoms with Gasteiger partial charge < -0.3 is 20.3 Å². The third kappa shape index (κ3) is 45.6. The first-order chi connectivity index (χ1) is 29.5. The molecule has 6 nitrogen and oxygen atoms in total. The third-order valence-electron chi connectivity index (χ3n) is 11.9. The lowest BCUT2D eigenvalue weighted by atomic mass is 10.0. The van der Waals surface area contributed by atoms with E-state index < -0.39 is 12.1 Å². The van der Waals surface area contributed by atoms with Gasteiger partial charge in [-0.15, -0.1) is 0 Å². The summed E-state index contributed by atoms with van der Waals surface area (Å²) in [5.74, 6) is -0.126. The smallest absolute Gasteiger partial charge is 0.305 e. The number of aliphatic hydroxyl groups is 2. The van der Waals surface area contributed by atoms with Gasteiger partial charge in [0.1, 0.15) is 0 Å². The van der Waals surface area contributed by atoms with Crippen molar-refractivity contribution in [2.75, 3.05) is 13.2 Å². The lowest BCUT2D eigenvalue weighted by Crippen LogP contribution is -2.45. The molecule has 0 heterocycles. The lowest BCUT2D eigenvalue weighted by molar-refractivity contribution is -0.143. The number of aliphatic hydroxyl groups excluding tert-OH is 2. The van der Waals surface area contributed by atoms with Crippen LogP contribution in [0.15, 0.2) is 36.5 Å². The van der Waals surface area contributed by atoms with Crippen LogP contribution in [0.4, 0.5) is 0 Å². The number of esters is 1. The number of amides is 1. The Balaban J connectivity index is 3.53. The zero-order valence-electron chi connectivity index (χ0n) is 39.9. The number of nitrogens with one attached hydrogen (secondary N) is 1. The van der Waals surface area contributed by atoms with Crippen LogP contribution in [0.2, 0.25) is 0 Å². The summed E-state index contributed by atoms with van der Waals surface area (Å²) in [5, 5.41) is 23.1. The highest BCUT2D eigenvalue weighted by Crippen LogP contribution is 2.15. The summed E-state index contributed by atoms with van der Waals surface area (Å²) in [7, 11) is 0. The standard InChI is InChI=1S/C54H101NO5/c1-3-5-7-9-11-13-15-17-19-21-22-24-26-30-34-38-42-46-52(57)51(50-56)55-53(58)47-43-39-35-31-28-29-33-37-41-45-49-60-54(59)48-44-40-36-32-27-25-23-20-18-16-14-12-10-8-6-4-2/h14,16,20,23,42,46,51-52,56-57H,3-13,15,17-19,21-22,24-41,43-45,47-50H2,1-2H3,(H,55,58)/b16-14-,23-20-,46-42+. The number of allylic oxidation sites excluding steroid dienone is 5. The van der Waals surface area contributed by atoms with Gasteiger partial charge in [-0.3, -0.25) is 9.59 Å². The Bertz CT molecular complexity index is 977. The Morgan fingerprint density at radius 3 is 1.28 bits per heavy atom. The highest BCUT2D eigenvalue weighted by Gasteiger charge is 2.18. The predicted molar refractivity (Wildman–Crippen MR) is 259 cm³/mol. The van der Waals surface area contributed by atoms with Crippen LogP contribution >= 0.6 is 0 Å². The molecule has 1 amide bonds. The summed E-state index contributed by atoms with van der Waals surface area (Å²) < 4.78 is 5.45. The number of unbranched alkanes of at least 4 members (excludes halogenated alkanes) is 33. The highest BCUT2D eigenvalue weighted by atomic mass is 16.5. The molecule has 0 aliphatic heterocycles. The molecule has 0 aromatic heterocycles. The summed E-state index contributed by atoms with van der Waals surface area (Å²) >= 11 is 0. The fourth-order valence-corrected chi connectivity index (χ4v) is 7.84. The maximum atomic E-state index is 12.4. The van der Waals surface area contributed by atoms with Crippen LogP contribution < -0.4 is 5.32 Å². The Hall–Kier alpha value is -1.92. The monoisotopic (exact) mass is 844 g/mol. The molecular weight excluding hydrogens is 743 g/mol. The van der Waals surface area contributed by atoms with Crippen molar-refractivity contribution in [3.63, 3.8) is 0 Å². The van der Waals surface area contributed by atoms with Crippen LogP contribution in [0.3, 0.4) is 0 Å². The van der Waals surface area contributed by atoms with E-state index in [2.05, 4.69) is 43.5 Å². The van der Waals surface area contributed by atoms with E-state index in [0.29, 0.717) is 19.4 Å². The number of carbonyl (C=O) groups is 2. The second-order valence-corrected chi connectivity index (χ2v) is 17.9. The van der Waals surface area contributed by atoms with Crippen LogP contribution in [0.25, 0.3) is 0 Å².